The molecule has 2 nitrogen and oxygen atoms in total. The summed E-state index contributed by atoms with van der Waals surface area (Å²) >= 11 is 0. The fourth-order valence-electron chi connectivity index (χ4n) is 17.7. The predicted octanol–water partition coefficient (Wildman–Crippen LogP) is 27.0. The van der Waals surface area contributed by atoms with Crippen LogP contribution in [0.3, 0.4) is 0 Å². The van der Waals surface area contributed by atoms with Gasteiger partial charge >= 0.3 is 0 Å². The Hall–Kier alpha value is -12.1. The molecule has 2 aliphatic rings. The van der Waals surface area contributed by atoms with Crippen molar-refractivity contribution in [2.45, 2.75) is 38.5 Å². The van der Waals surface area contributed by atoms with E-state index < -0.39 is 0 Å². The molecule has 0 fully saturated rings. The van der Waals surface area contributed by atoms with Crippen LogP contribution in [0.2, 0.25) is 0 Å². The fraction of sp³-hybridized carbons (Fsp3) is 0.0625. The number of rotatable bonds is 8. The van der Waals surface area contributed by atoms with Crippen LogP contribution in [-0.4, -0.2) is 0 Å². The summed E-state index contributed by atoms with van der Waals surface area (Å²) in [5, 5.41) is 22.7. The van der Waals surface area contributed by atoms with Crippen molar-refractivity contribution < 1.29 is 0 Å². The largest absolute Gasteiger partial charge is 0.310 e. The summed E-state index contributed by atoms with van der Waals surface area (Å²) in [5.41, 5.74) is 21.5. The van der Waals surface area contributed by atoms with Crippen LogP contribution in [0.25, 0.3) is 141 Å². The first-order valence-corrected chi connectivity index (χ1v) is 34.5. The maximum atomic E-state index is 2.54. The molecule has 0 aliphatic heterocycles. The number of benzene rings is 18. The van der Waals surface area contributed by atoms with Crippen LogP contribution in [0.15, 0.2) is 328 Å². The zero-order chi connectivity index (χ0) is 65.1. The third-order valence-corrected chi connectivity index (χ3v) is 22.4. The van der Waals surface area contributed by atoms with Gasteiger partial charge in [-0.1, -0.05) is 295 Å². The van der Waals surface area contributed by atoms with Crippen molar-refractivity contribution in [2.24, 2.45) is 0 Å². The lowest BCUT2D eigenvalue weighted by molar-refractivity contribution is 0.661. The van der Waals surface area contributed by atoms with Crippen LogP contribution in [0.4, 0.5) is 34.1 Å². The Morgan fingerprint density at radius 3 is 0.806 bits per heavy atom. The molecule has 0 bridgehead atoms. The number of nitrogens with zero attached hydrogens (tertiary/aromatic N) is 2. The van der Waals surface area contributed by atoms with E-state index in [4.69, 9.17) is 0 Å². The molecule has 18 aromatic carbocycles. The molecule has 2 aliphatic carbocycles. The second-order valence-electron chi connectivity index (χ2n) is 28.2. The van der Waals surface area contributed by atoms with Gasteiger partial charge in [0.15, 0.2) is 0 Å². The minimum Gasteiger partial charge on any atom is -0.310 e. The highest BCUT2D eigenvalue weighted by Crippen LogP contribution is 2.58. The summed E-state index contributed by atoms with van der Waals surface area (Å²) < 4.78 is 0. The summed E-state index contributed by atoms with van der Waals surface area (Å²) in [6.07, 6.45) is 0. The smallest absolute Gasteiger partial charge is 0.0546 e. The summed E-state index contributed by atoms with van der Waals surface area (Å²) in [5.74, 6) is 0. The summed E-state index contributed by atoms with van der Waals surface area (Å²) in [4.78, 5) is 5.08. The first-order valence-electron chi connectivity index (χ1n) is 34.5. The Kier molecular flexibility index (Phi) is 12.2. The molecule has 0 heterocycles. The molecule has 18 aromatic rings. The Bertz CT molecular complexity index is 5940. The molecule has 0 saturated heterocycles. The van der Waals surface area contributed by atoms with Crippen molar-refractivity contribution in [3.05, 3.63) is 350 Å². The molecule has 0 unspecified atom stereocenters. The van der Waals surface area contributed by atoms with E-state index in [9.17, 15) is 0 Å². The molecule has 460 valence electrons. The minimum atomic E-state index is -0.298. The lowest BCUT2D eigenvalue weighted by Crippen LogP contribution is -2.17. The molecule has 0 amide bonds. The Balaban J connectivity index is 0.804. The third kappa shape index (κ3) is 8.16. The van der Waals surface area contributed by atoms with Gasteiger partial charge in [-0.2, -0.15) is 0 Å². The summed E-state index contributed by atoms with van der Waals surface area (Å²) in [7, 11) is 0. The maximum Gasteiger partial charge on any atom is 0.0546 e. The zero-order valence-corrected chi connectivity index (χ0v) is 55.1. The zero-order valence-electron chi connectivity index (χ0n) is 55.1. The topological polar surface area (TPSA) is 6.48 Å². The van der Waals surface area contributed by atoms with Crippen LogP contribution in [0, 0.1) is 0 Å². The van der Waals surface area contributed by atoms with Crippen LogP contribution >= 0.6 is 0 Å². The third-order valence-electron chi connectivity index (χ3n) is 22.4. The van der Waals surface area contributed by atoms with Crippen molar-refractivity contribution in [3.63, 3.8) is 0 Å². The van der Waals surface area contributed by atoms with Gasteiger partial charge in [0, 0.05) is 44.4 Å². The number of hydrogen-bond donors (Lipinski definition) is 0. The van der Waals surface area contributed by atoms with Crippen LogP contribution in [0.1, 0.15) is 49.9 Å². The molecular formula is C96H66N2. The SMILES string of the molecule is CC1(C)c2cc(N(c3ccc(-c4ccccc4)cc3)c3cc4c5ccccc5c(N(c5ccc(-c6ccccc6)cc5)c5ccc6c(c5)C(C)(C)c5ccc7c8ccccc8c8ccccc8c7c5-6)cc4c4ccccc34)ccc2-c2c1ccc1c3ccccc3c3ccccc3c21. The van der Waals surface area contributed by atoms with Gasteiger partial charge in [-0.15, -0.1) is 0 Å². The molecule has 0 aromatic heterocycles. The number of fused-ring (bicyclic) bond motifs is 25. The average Bonchev–Trinajstić information content (AvgIpc) is 1.46. The second kappa shape index (κ2) is 21.2. The van der Waals surface area contributed by atoms with Crippen LogP contribution in [0.5, 0.6) is 0 Å². The molecular weight excluding hydrogens is 1180 g/mol. The quantitative estimate of drug-likeness (QED) is 0.140. The minimum absolute atomic E-state index is 0.298. The Morgan fingerprint density at radius 1 is 0.194 bits per heavy atom. The van der Waals surface area contributed by atoms with Crippen molar-refractivity contribution in [1.29, 1.82) is 0 Å². The van der Waals surface area contributed by atoms with Gasteiger partial charge in [0.1, 0.15) is 0 Å². The first-order chi connectivity index (χ1) is 48.2. The van der Waals surface area contributed by atoms with Gasteiger partial charge in [-0.25, -0.2) is 0 Å². The molecule has 2 heteroatoms. The van der Waals surface area contributed by atoms with Crippen LogP contribution < -0.4 is 9.80 Å². The monoisotopic (exact) mass is 1250 g/mol. The van der Waals surface area contributed by atoms with Crippen LogP contribution in [-0.2, 0) is 10.8 Å². The average molecular weight is 1250 g/mol. The van der Waals surface area contributed by atoms with Gasteiger partial charge < -0.3 is 9.80 Å². The maximum absolute atomic E-state index is 2.54. The molecule has 0 N–H and O–H groups in total. The van der Waals surface area contributed by atoms with E-state index in [0.29, 0.717) is 0 Å². The van der Waals surface area contributed by atoms with E-state index in [1.165, 1.54) is 164 Å². The summed E-state index contributed by atoms with van der Waals surface area (Å²) in [6, 6.07) is 124. The molecule has 0 atom stereocenters. The lowest BCUT2D eigenvalue weighted by atomic mass is 9.81. The second-order valence-corrected chi connectivity index (χ2v) is 28.2. The van der Waals surface area contributed by atoms with Crippen molar-refractivity contribution in [1.82, 2.24) is 0 Å². The van der Waals surface area contributed by atoms with Crippen molar-refractivity contribution >= 4 is 131 Å². The molecule has 20 rings (SSSR count). The van der Waals surface area contributed by atoms with E-state index in [-0.39, 0.29) is 10.8 Å². The molecule has 0 spiro atoms. The highest BCUT2D eigenvalue weighted by Gasteiger charge is 2.40. The molecule has 0 saturated carbocycles. The van der Waals surface area contributed by atoms with E-state index in [1.54, 1.807) is 0 Å². The Labute approximate surface area is 570 Å². The standard InChI is InChI=1S/C96H66N2/c1-95(2)85-53-51-79-71-31-13-11-27-67(71)69-29-17-21-37-77(69)91(79)93(85)81-49-47-65(55-87(81)95)97(63-43-39-61(40-44-63)59-23-7-5-8-24-59)89-57-83-74-34-16-20-36-76(74)90(58-84(83)73-33-15-19-35-75(73)89)98(64-45-41-62(42-46-64)60-25-9-6-10-26-60)66-48-50-82-88(56-66)96(3,4)86-54-52-80-72-32-14-12-28-68(72)70-30-18-22-38-78(70)92(80)94(82)86/h5-58H,1-4H3. The van der Waals surface area contributed by atoms with Gasteiger partial charge in [0.05, 0.1) is 11.4 Å². The first kappa shape index (κ1) is 56.3. The van der Waals surface area contributed by atoms with Crippen molar-refractivity contribution in [2.75, 3.05) is 9.80 Å². The van der Waals surface area contributed by atoms with E-state index >= 15 is 0 Å². The van der Waals surface area contributed by atoms with Crippen molar-refractivity contribution in [3.8, 4) is 44.5 Å². The van der Waals surface area contributed by atoms with Gasteiger partial charge in [-0.05, 0) is 214 Å². The normalized spacial score (nSPS) is 13.5. The molecule has 0 radical (unpaired) electrons. The lowest BCUT2D eigenvalue weighted by Gasteiger charge is -2.31. The highest BCUT2D eigenvalue weighted by atomic mass is 15.2. The van der Waals surface area contributed by atoms with E-state index in [2.05, 4.69) is 365 Å². The fourth-order valence-corrected chi connectivity index (χ4v) is 17.7. The number of hydrogen-bond acceptors (Lipinski definition) is 2. The summed E-state index contributed by atoms with van der Waals surface area (Å²) in [6.45, 7) is 9.72. The van der Waals surface area contributed by atoms with E-state index in [1.807, 2.05) is 0 Å². The molecule has 98 heavy (non-hydrogen) atoms. The van der Waals surface area contributed by atoms with Gasteiger partial charge in [-0.3, -0.25) is 0 Å². The van der Waals surface area contributed by atoms with Gasteiger partial charge in [0.2, 0.25) is 0 Å². The Morgan fingerprint density at radius 2 is 0.459 bits per heavy atom. The number of anilines is 6. The predicted molar refractivity (Wildman–Crippen MR) is 419 cm³/mol. The van der Waals surface area contributed by atoms with E-state index in [0.717, 1.165) is 34.1 Å². The highest BCUT2D eigenvalue weighted by molar-refractivity contribution is 6.31. The van der Waals surface area contributed by atoms with Gasteiger partial charge in [0.25, 0.3) is 0 Å².